The van der Waals surface area contributed by atoms with Gasteiger partial charge in [-0.25, -0.2) is 0 Å². The van der Waals surface area contributed by atoms with Crippen molar-refractivity contribution in [2.45, 2.75) is 25.2 Å². The van der Waals surface area contributed by atoms with Crippen LogP contribution in [-0.4, -0.2) is 13.2 Å². The molecule has 1 aromatic rings. The molecule has 0 atom stereocenters. The molecule has 76 valence electrons. The highest BCUT2D eigenvalue weighted by Gasteiger charge is 2.44. The molecule has 14 heavy (non-hydrogen) atoms. The highest BCUT2D eigenvalue weighted by molar-refractivity contribution is 5.45. The fourth-order valence-electron chi connectivity index (χ4n) is 1.83. The van der Waals surface area contributed by atoms with E-state index in [1.54, 1.807) is 0 Å². The highest BCUT2D eigenvalue weighted by Crippen LogP contribution is 2.48. The van der Waals surface area contributed by atoms with E-state index < -0.39 is 0 Å². The van der Waals surface area contributed by atoms with E-state index in [0.29, 0.717) is 0 Å². The monoisotopic (exact) mass is 191 g/mol. The second-order valence-corrected chi connectivity index (χ2v) is 4.04. The summed E-state index contributed by atoms with van der Waals surface area (Å²) in [4.78, 5) is 0. The van der Waals surface area contributed by atoms with Crippen LogP contribution in [0.25, 0.3) is 0 Å². The molecule has 2 nitrogen and oxygen atoms in total. The first-order valence-corrected chi connectivity index (χ1v) is 5.21. The summed E-state index contributed by atoms with van der Waals surface area (Å²) < 4.78 is 5.51. The lowest BCUT2D eigenvalue weighted by Crippen LogP contribution is -2.15. The van der Waals surface area contributed by atoms with E-state index in [1.165, 1.54) is 18.4 Å². The molecule has 0 spiro atoms. The summed E-state index contributed by atoms with van der Waals surface area (Å²) in [5.74, 6) is 0. The third-order valence-electron chi connectivity index (χ3n) is 2.94. The Morgan fingerprint density at radius 3 is 2.79 bits per heavy atom. The van der Waals surface area contributed by atoms with Gasteiger partial charge in [0.2, 0.25) is 0 Å². The van der Waals surface area contributed by atoms with Crippen molar-refractivity contribution >= 4 is 5.69 Å². The maximum Gasteiger partial charge on any atom is 0.0562 e. The molecule has 0 heterocycles. The quantitative estimate of drug-likeness (QED) is 0.741. The van der Waals surface area contributed by atoms with Crippen molar-refractivity contribution in [1.29, 1.82) is 0 Å². The van der Waals surface area contributed by atoms with E-state index >= 15 is 0 Å². The molecule has 2 heteroatoms. The van der Waals surface area contributed by atoms with Crippen LogP contribution in [0.2, 0.25) is 0 Å². The van der Waals surface area contributed by atoms with Gasteiger partial charge in [0.1, 0.15) is 0 Å². The molecule has 0 radical (unpaired) electrons. The Morgan fingerprint density at radius 2 is 2.21 bits per heavy atom. The zero-order valence-electron chi connectivity index (χ0n) is 8.62. The number of nitrogen functional groups attached to an aromatic ring is 1. The van der Waals surface area contributed by atoms with Crippen LogP contribution in [0, 0.1) is 0 Å². The molecule has 1 aliphatic carbocycles. The average Bonchev–Trinajstić information content (AvgIpc) is 2.96. The Labute approximate surface area is 85.1 Å². The van der Waals surface area contributed by atoms with Gasteiger partial charge in [0.05, 0.1) is 6.61 Å². The summed E-state index contributed by atoms with van der Waals surface area (Å²) in [6.07, 6.45) is 2.47. The van der Waals surface area contributed by atoms with Crippen molar-refractivity contribution in [2.75, 3.05) is 18.9 Å². The van der Waals surface area contributed by atoms with Crippen molar-refractivity contribution < 1.29 is 4.74 Å². The minimum atomic E-state index is 0.283. The zero-order chi connectivity index (χ0) is 10.0. The van der Waals surface area contributed by atoms with Crippen LogP contribution in [0.15, 0.2) is 24.3 Å². The Hall–Kier alpha value is -1.02. The maximum atomic E-state index is 5.77. The van der Waals surface area contributed by atoms with Gasteiger partial charge in [-0.1, -0.05) is 12.1 Å². The first-order valence-electron chi connectivity index (χ1n) is 5.21. The molecule has 1 saturated carbocycles. The number of ether oxygens (including phenoxy) is 1. The molecule has 0 amide bonds. The molecule has 1 aromatic carbocycles. The maximum absolute atomic E-state index is 5.77. The summed E-state index contributed by atoms with van der Waals surface area (Å²) in [7, 11) is 0. The summed E-state index contributed by atoms with van der Waals surface area (Å²) >= 11 is 0. The highest BCUT2D eigenvalue weighted by atomic mass is 16.5. The number of hydrogen-bond acceptors (Lipinski definition) is 2. The fourth-order valence-corrected chi connectivity index (χ4v) is 1.83. The standard InChI is InChI=1S/C12H17NO/c1-2-14-9-12(6-7-12)10-4-3-5-11(13)8-10/h3-5,8H,2,6-7,9,13H2,1H3. The first kappa shape index (κ1) is 9.53. The minimum absolute atomic E-state index is 0.283. The van der Waals surface area contributed by atoms with Crippen LogP contribution in [0.3, 0.4) is 0 Å². The third kappa shape index (κ3) is 1.75. The second kappa shape index (κ2) is 3.62. The molecule has 1 aliphatic rings. The largest absolute Gasteiger partial charge is 0.399 e. The fraction of sp³-hybridized carbons (Fsp3) is 0.500. The van der Waals surface area contributed by atoms with Gasteiger partial charge in [0.25, 0.3) is 0 Å². The predicted molar refractivity (Wildman–Crippen MR) is 58.3 cm³/mol. The molecule has 0 unspecified atom stereocenters. The summed E-state index contributed by atoms with van der Waals surface area (Å²) in [6, 6.07) is 8.19. The minimum Gasteiger partial charge on any atom is -0.399 e. The number of nitrogens with two attached hydrogens (primary N) is 1. The van der Waals surface area contributed by atoms with Gasteiger partial charge in [-0.2, -0.15) is 0 Å². The van der Waals surface area contributed by atoms with Gasteiger partial charge in [0.15, 0.2) is 0 Å². The topological polar surface area (TPSA) is 35.2 Å². The second-order valence-electron chi connectivity index (χ2n) is 4.04. The van der Waals surface area contributed by atoms with Crippen molar-refractivity contribution in [3.8, 4) is 0 Å². The number of anilines is 1. The van der Waals surface area contributed by atoms with Crippen molar-refractivity contribution in [3.63, 3.8) is 0 Å². The third-order valence-corrected chi connectivity index (χ3v) is 2.94. The number of rotatable bonds is 4. The lowest BCUT2D eigenvalue weighted by molar-refractivity contribution is 0.125. The zero-order valence-corrected chi connectivity index (χ0v) is 8.62. The van der Waals surface area contributed by atoms with Gasteiger partial charge < -0.3 is 10.5 Å². The first-order chi connectivity index (χ1) is 6.77. The van der Waals surface area contributed by atoms with Gasteiger partial charge in [-0.15, -0.1) is 0 Å². The molecular weight excluding hydrogens is 174 g/mol. The lowest BCUT2D eigenvalue weighted by Gasteiger charge is -2.15. The smallest absolute Gasteiger partial charge is 0.0562 e. The Morgan fingerprint density at radius 1 is 1.43 bits per heavy atom. The van der Waals surface area contributed by atoms with E-state index in [0.717, 1.165) is 18.9 Å². The van der Waals surface area contributed by atoms with E-state index in [2.05, 4.69) is 12.1 Å². The van der Waals surface area contributed by atoms with Crippen molar-refractivity contribution in [3.05, 3.63) is 29.8 Å². The van der Waals surface area contributed by atoms with E-state index in [4.69, 9.17) is 10.5 Å². The van der Waals surface area contributed by atoms with Crippen molar-refractivity contribution in [2.24, 2.45) is 0 Å². The summed E-state index contributed by atoms with van der Waals surface area (Å²) in [6.45, 7) is 3.67. The van der Waals surface area contributed by atoms with Gasteiger partial charge in [-0.3, -0.25) is 0 Å². The van der Waals surface area contributed by atoms with Gasteiger partial charge >= 0.3 is 0 Å². The van der Waals surface area contributed by atoms with E-state index in [1.807, 2.05) is 19.1 Å². The van der Waals surface area contributed by atoms with Gasteiger partial charge in [0, 0.05) is 17.7 Å². The Kier molecular flexibility index (Phi) is 2.46. The number of benzene rings is 1. The van der Waals surface area contributed by atoms with Crippen LogP contribution < -0.4 is 5.73 Å². The van der Waals surface area contributed by atoms with Gasteiger partial charge in [-0.05, 0) is 37.5 Å². The normalized spacial score (nSPS) is 18.1. The number of hydrogen-bond donors (Lipinski definition) is 1. The Bertz CT molecular complexity index is 318. The van der Waals surface area contributed by atoms with E-state index in [-0.39, 0.29) is 5.41 Å². The molecule has 0 aromatic heterocycles. The SMILES string of the molecule is CCOCC1(c2cccc(N)c2)CC1. The Balaban J connectivity index is 2.14. The van der Waals surface area contributed by atoms with Crippen LogP contribution >= 0.6 is 0 Å². The summed E-state index contributed by atoms with van der Waals surface area (Å²) in [5, 5.41) is 0. The predicted octanol–water partition coefficient (Wildman–Crippen LogP) is 2.34. The molecule has 1 fully saturated rings. The molecule has 0 bridgehead atoms. The summed E-state index contributed by atoms with van der Waals surface area (Å²) in [5.41, 5.74) is 8.24. The molecular formula is C12H17NO. The van der Waals surface area contributed by atoms with Crippen LogP contribution in [-0.2, 0) is 10.2 Å². The van der Waals surface area contributed by atoms with Crippen LogP contribution in [0.4, 0.5) is 5.69 Å². The molecule has 2 rings (SSSR count). The molecule has 0 saturated heterocycles. The van der Waals surface area contributed by atoms with Crippen molar-refractivity contribution in [1.82, 2.24) is 0 Å². The van der Waals surface area contributed by atoms with Crippen LogP contribution in [0.5, 0.6) is 0 Å². The lowest BCUT2D eigenvalue weighted by atomic mass is 9.96. The van der Waals surface area contributed by atoms with Crippen LogP contribution in [0.1, 0.15) is 25.3 Å². The molecule has 2 N–H and O–H groups in total. The average molecular weight is 191 g/mol. The van der Waals surface area contributed by atoms with E-state index in [9.17, 15) is 0 Å². The molecule has 0 aliphatic heterocycles.